The molecule has 0 aromatic heterocycles. The smallest absolute Gasteiger partial charge is 0.234 e. The Hall–Kier alpha value is -2.32. The van der Waals surface area contributed by atoms with Crippen LogP contribution in [0.3, 0.4) is 0 Å². The minimum atomic E-state index is -0.121. The number of fused-ring (bicyclic) bond motifs is 1. The van der Waals surface area contributed by atoms with Crippen LogP contribution in [0.2, 0.25) is 0 Å². The molecule has 1 aromatic rings. The van der Waals surface area contributed by atoms with Gasteiger partial charge in [0.15, 0.2) is 11.5 Å². The van der Waals surface area contributed by atoms with Crippen LogP contribution in [-0.2, 0) is 16.1 Å². The lowest BCUT2D eigenvalue weighted by Gasteiger charge is -2.23. The Bertz CT molecular complexity index is 683. The lowest BCUT2D eigenvalue weighted by Crippen LogP contribution is -2.42. The molecule has 0 radical (unpaired) electrons. The van der Waals surface area contributed by atoms with Crippen molar-refractivity contribution in [3.63, 3.8) is 0 Å². The first-order valence-corrected chi connectivity index (χ1v) is 11.4. The van der Waals surface area contributed by atoms with Gasteiger partial charge in [-0.25, -0.2) is 0 Å². The van der Waals surface area contributed by atoms with E-state index >= 15 is 0 Å². The highest BCUT2D eigenvalue weighted by Gasteiger charge is 2.19. The molecule has 0 unspecified atom stereocenters. The number of aliphatic hydroxyl groups excluding tert-OH is 1. The maximum Gasteiger partial charge on any atom is 0.234 e. The first-order valence-electron chi connectivity index (χ1n) is 11.4. The molecule has 0 bridgehead atoms. The van der Waals surface area contributed by atoms with Crippen LogP contribution in [0.4, 0.5) is 0 Å². The molecule has 1 aliphatic heterocycles. The average molecular weight is 436 g/mol. The maximum absolute atomic E-state index is 12.5. The van der Waals surface area contributed by atoms with Gasteiger partial charge in [-0.15, -0.1) is 0 Å². The third-order valence-corrected chi connectivity index (χ3v) is 5.04. The van der Waals surface area contributed by atoms with Gasteiger partial charge in [-0.1, -0.05) is 12.1 Å². The fraction of sp³-hybridized carbons (Fsp3) is 0.652. The zero-order valence-electron chi connectivity index (χ0n) is 18.7. The number of amides is 2. The van der Waals surface area contributed by atoms with Crippen molar-refractivity contribution in [2.45, 2.75) is 52.0 Å². The highest BCUT2D eigenvalue weighted by Crippen LogP contribution is 2.32. The molecule has 2 rings (SSSR count). The van der Waals surface area contributed by atoms with E-state index in [0.29, 0.717) is 44.3 Å². The Morgan fingerprint density at radius 2 is 2.10 bits per heavy atom. The van der Waals surface area contributed by atoms with Gasteiger partial charge in [-0.2, -0.15) is 0 Å². The number of nitrogens with zero attached hydrogens (tertiary/aromatic N) is 1. The second-order valence-corrected chi connectivity index (χ2v) is 7.72. The third-order valence-electron chi connectivity index (χ3n) is 5.04. The van der Waals surface area contributed by atoms with E-state index in [1.807, 2.05) is 30.0 Å². The molecule has 1 aliphatic rings. The summed E-state index contributed by atoms with van der Waals surface area (Å²) in [7, 11) is 0. The van der Waals surface area contributed by atoms with Crippen molar-refractivity contribution in [2.24, 2.45) is 0 Å². The van der Waals surface area contributed by atoms with E-state index < -0.39 is 0 Å². The Balaban J connectivity index is 2.11. The lowest BCUT2D eigenvalue weighted by atomic mass is 10.1. The van der Waals surface area contributed by atoms with E-state index in [4.69, 9.17) is 14.6 Å². The lowest BCUT2D eigenvalue weighted by molar-refractivity contribution is -0.125. The summed E-state index contributed by atoms with van der Waals surface area (Å²) in [6.07, 6.45) is 5.19. The number of unbranched alkanes of at least 4 members (excludes halogenated alkanes) is 2. The molecule has 0 fully saturated rings. The Kier molecular flexibility index (Phi) is 11.8. The Labute approximate surface area is 185 Å². The van der Waals surface area contributed by atoms with E-state index in [1.54, 1.807) is 0 Å². The van der Waals surface area contributed by atoms with Crippen LogP contribution in [-0.4, -0.2) is 67.8 Å². The van der Waals surface area contributed by atoms with E-state index in [9.17, 15) is 9.59 Å². The summed E-state index contributed by atoms with van der Waals surface area (Å²) in [5.74, 6) is 1.17. The monoisotopic (exact) mass is 435 g/mol. The van der Waals surface area contributed by atoms with Gasteiger partial charge in [0, 0.05) is 31.8 Å². The minimum Gasteiger partial charge on any atom is -0.490 e. The topological polar surface area (TPSA) is 100 Å². The molecule has 8 nitrogen and oxygen atoms in total. The first-order chi connectivity index (χ1) is 15.1. The molecule has 1 aromatic carbocycles. The Morgan fingerprint density at radius 3 is 2.90 bits per heavy atom. The minimum absolute atomic E-state index is 0.0848. The normalized spacial score (nSPS) is 16.0. The second-order valence-electron chi connectivity index (χ2n) is 7.72. The molecule has 0 saturated heterocycles. The van der Waals surface area contributed by atoms with Gasteiger partial charge in [0.2, 0.25) is 11.8 Å². The van der Waals surface area contributed by atoms with E-state index in [0.717, 1.165) is 44.1 Å². The zero-order chi connectivity index (χ0) is 22.3. The molecule has 0 aliphatic carbocycles. The fourth-order valence-electron chi connectivity index (χ4n) is 3.49. The van der Waals surface area contributed by atoms with Crippen LogP contribution < -0.4 is 20.1 Å². The van der Waals surface area contributed by atoms with Crippen molar-refractivity contribution in [2.75, 3.05) is 46.0 Å². The molecule has 174 valence electrons. The molecule has 0 atom stereocenters. The number of aliphatic hydroxyl groups is 1. The summed E-state index contributed by atoms with van der Waals surface area (Å²) in [5, 5.41) is 14.7. The van der Waals surface area contributed by atoms with Crippen LogP contribution in [0.25, 0.3) is 0 Å². The quantitative estimate of drug-likeness (QED) is 0.512. The number of ether oxygens (including phenoxy) is 2. The van der Waals surface area contributed by atoms with Gasteiger partial charge in [0.25, 0.3) is 0 Å². The van der Waals surface area contributed by atoms with Crippen molar-refractivity contribution < 1.29 is 24.2 Å². The number of hydrogen-bond donors (Lipinski definition) is 3. The highest BCUT2D eigenvalue weighted by atomic mass is 16.5. The van der Waals surface area contributed by atoms with E-state index in [-0.39, 0.29) is 31.5 Å². The fourth-order valence-corrected chi connectivity index (χ4v) is 3.49. The summed E-state index contributed by atoms with van der Waals surface area (Å²) in [6, 6.07) is 5.75. The first kappa shape index (κ1) is 24.9. The van der Waals surface area contributed by atoms with Crippen molar-refractivity contribution in [3.8, 4) is 11.5 Å². The molecule has 8 heteroatoms. The standard InChI is InChI=1S/C23H37N3O5/c1-2-30-20-11-9-10-19-16-26(17-21(28)24-12-5-3-7-14-27)18-22(29)25-13-6-4-8-15-31-23(19)20/h9-11,27H,2-8,12-18H2,1H3,(H,24,28)(H,25,29). The van der Waals surface area contributed by atoms with Gasteiger partial charge in [0.1, 0.15) is 0 Å². The second kappa shape index (κ2) is 14.6. The summed E-state index contributed by atoms with van der Waals surface area (Å²) in [4.78, 5) is 26.7. The van der Waals surface area contributed by atoms with Crippen molar-refractivity contribution in [1.29, 1.82) is 0 Å². The van der Waals surface area contributed by atoms with E-state index in [1.165, 1.54) is 0 Å². The predicted molar refractivity (Wildman–Crippen MR) is 119 cm³/mol. The van der Waals surface area contributed by atoms with Gasteiger partial charge in [-0.3, -0.25) is 14.5 Å². The molecule has 0 saturated carbocycles. The van der Waals surface area contributed by atoms with Gasteiger partial charge < -0.3 is 25.2 Å². The molecular formula is C23H37N3O5. The molecule has 3 N–H and O–H groups in total. The van der Waals surface area contributed by atoms with Crippen LogP contribution in [0.5, 0.6) is 11.5 Å². The molecule has 2 amide bonds. The number of nitrogens with one attached hydrogen (secondary N) is 2. The number of rotatable bonds is 9. The number of carbonyl (C=O) groups is 2. The molecule has 1 heterocycles. The average Bonchev–Trinajstić information content (AvgIpc) is 2.75. The summed E-state index contributed by atoms with van der Waals surface area (Å²) >= 11 is 0. The zero-order valence-corrected chi connectivity index (χ0v) is 18.7. The van der Waals surface area contributed by atoms with Crippen LogP contribution >= 0.6 is 0 Å². The van der Waals surface area contributed by atoms with Gasteiger partial charge in [0.05, 0.1) is 26.3 Å². The van der Waals surface area contributed by atoms with Gasteiger partial charge >= 0.3 is 0 Å². The van der Waals surface area contributed by atoms with Crippen LogP contribution in [0.1, 0.15) is 51.0 Å². The molecule has 0 spiro atoms. The Morgan fingerprint density at radius 1 is 1.23 bits per heavy atom. The maximum atomic E-state index is 12.5. The third kappa shape index (κ3) is 9.57. The van der Waals surface area contributed by atoms with Crippen molar-refractivity contribution >= 4 is 11.8 Å². The molecular weight excluding hydrogens is 398 g/mol. The van der Waals surface area contributed by atoms with E-state index in [2.05, 4.69) is 10.6 Å². The SMILES string of the molecule is CCOc1cccc2c1OCCCCCNC(=O)CN(CC(=O)NCCCCCO)C2. The van der Waals surface area contributed by atoms with Crippen LogP contribution in [0, 0.1) is 0 Å². The largest absolute Gasteiger partial charge is 0.490 e. The summed E-state index contributed by atoms with van der Waals surface area (Å²) in [6.45, 7) is 5.06. The number of carbonyl (C=O) groups excluding carboxylic acids is 2. The number of para-hydroxylation sites is 1. The highest BCUT2D eigenvalue weighted by molar-refractivity contribution is 5.81. The van der Waals surface area contributed by atoms with Gasteiger partial charge in [-0.05, 0) is 51.5 Å². The number of benzene rings is 1. The summed E-state index contributed by atoms with van der Waals surface area (Å²) in [5.41, 5.74) is 0.897. The van der Waals surface area contributed by atoms with Crippen LogP contribution in [0.15, 0.2) is 18.2 Å². The molecule has 31 heavy (non-hydrogen) atoms. The van der Waals surface area contributed by atoms with Crippen molar-refractivity contribution in [1.82, 2.24) is 15.5 Å². The summed E-state index contributed by atoms with van der Waals surface area (Å²) < 4.78 is 11.8. The number of hydrogen-bond acceptors (Lipinski definition) is 6. The predicted octanol–water partition coefficient (Wildman–Crippen LogP) is 1.84. The van der Waals surface area contributed by atoms with Crippen molar-refractivity contribution in [3.05, 3.63) is 23.8 Å².